The van der Waals surface area contributed by atoms with Gasteiger partial charge in [0.25, 0.3) is 0 Å². The van der Waals surface area contributed by atoms with E-state index >= 15 is 0 Å². The molecule has 0 atom stereocenters. The van der Waals surface area contributed by atoms with Gasteiger partial charge in [0.15, 0.2) is 0 Å². The van der Waals surface area contributed by atoms with E-state index in [0.717, 1.165) is 32.6 Å². The molecule has 0 saturated carbocycles. The zero-order chi connectivity index (χ0) is 10.8. The fourth-order valence-electron chi connectivity index (χ4n) is 1.32. The van der Waals surface area contributed by atoms with Gasteiger partial charge in [-0.25, -0.2) is 0 Å². The molecule has 0 saturated heterocycles. The van der Waals surface area contributed by atoms with Crippen LogP contribution in [-0.4, -0.2) is 50.6 Å². The Kier molecular flexibility index (Phi) is 8.57. The first-order valence-corrected chi connectivity index (χ1v) is 5.38. The summed E-state index contributed by atoms with van der Waals surface area (Å²) in [5.74, 6) is 0.0695. The molecule has 4 heteroatoms. The summed E-state index contributed by atoms with van der Waals surface area (Å²) in [6.07, 6.45) is 1.16. The predicted molar refractivity (Wildman–Crippen MR) is 59.3 cm³/mol. The van der Waals surface area contributed by atoms with Crippen LogP contribution in [0, 0.1) is 0 Å². The van der Waals surface area contributed by atoms with Crippen molar-refractivity contribution in [2.24, 2.45) is 0 Å². The second kappa shape index (κ2) is 8.97. The highest BCUT2D eigenvalue weighted by Gasteiger charge is 2.01. The number of nitrogens with zero attached hydrogens (tertiary/aromatic N) is 1. The van der Waals surface area contributed by atoms with E-state index in [-0.39, 0.29) is 5.91 Å². The highest BCUT2D eigenvalue weighted by Crippen LogP contribution is 1.88. The zero-order valence-corrected chi connectivity index (χ0v) is 9.60. The van der Waals surface area contributed by atoms with Crippen LogP contribution >= 0.6 is 0 Å². The van der Waals surface area contributed by atoms with Crippen molar-refractivity contribution in [2.75, 3.05) is 39.8 Å². The summed E-state index contributed by atoms with van der Waals surface area (Å²) in [5.41, 5.74) is 0. The van der Waals surface area contributed by atoms with Crippen LogP contribution in [0.25, 0.3) is 0 Å². The van der Waals surface area contributed by atoms with Crippen LogP contribution in [0.3, 0.4) is 0 Å². The Balaban J connectivity index is 3.45. The van der Waals surface area contributed by atoms with E-state index < -0.39 is 0 Å². The van der Waals surface area contributed by atoms with Gasteiger partial charge in [0.1, 0.15) is 0 Å². The Morgan fingerprint density at radius 1 is 1.29 bits per heavy atom. The van der Waals surface area contributed by atoms with Gasteiger partial charge in [-0.15, -0.1) is 0 Å². The molecule has 0 aliphatic carbocycles. The van der Waals surface area contributed by atoms with Gasteiger partial charge in [-0.05, 0) is 26.6 Å². The Morgan fingerprint density at radius 2 is 2.00 bits per heavy atom. The van der Waals surface area contributed by atoms with Gasteiger partial charge in [-0.1, -0.05) is 13.8 Å². The number of rotatable bonds is 8. The molecular formula is C10H23N3O. The number of likely N-dealkylation sites (N-methyl/N-ethyl adjacent to an activating group) is 2. The summed E-state index contributed by atoms with van der Waals surface area (Å²) in [6, 6.07) is 0. The Bertz CT molecular complexity index is 150. The molecule has 0 aliphatic rings. The number of hydrogen-bond acceptors (Lipinski definition) is 3. The van der Waals surface area contributed by atoms with Gasteiger partial charge in [-0.2, -0.15) is 0 Å². The summed E-state index contributed by atoms with van der Waals surface area (Å²) in [5, 5.41) is 5.68. The van der Waals surface area contributed by atoms with Crippen molar-refractivity contribution in [1.82, 2.24) is 15.5 Å². The number of carbonyl (C=O) groups excluding carboxylic acids is 1. The normalized spacial score (nSPS) is 10.6. The van der Waals surface area contributed by atoms with Crippen molar-refractivity contribution in [3.63, 3.8) is 0 Å². The highest BCUT2D eigenvalue weighted by molar-refractivity contribution is 5.77. The molecule has 0 spiro atoms. The van der Waals surface area contributed by atoms with Crippen molar-refractivity contribution in [3.8, 4) is 0 Å². The molecule has 0 aliphatic heterocycles. The lowest BCUT2D eigenvalue weighted by Gasteiger charge is -2.19. The average Bonchev–Trinajstić information content (AvgIpc) is 2.17. The molecule has 84 valence electrons. The van der Waals surface area contributed by atoms with Crippen LogP contribution in [0.4, 0.5) is 0 Å². The maximum absolute atomic E-state index is 11.1. The predicted octanol–water partition coefficient (Wildman–Crippen LogP) is 0.0539. The van der Waals surface area contributed by atoms with E-state index in [2.05, 4.69) is 29.4 Å². The van der Waals surface area contributed by atoms with Crippen molar-refractivity contribution in [3.05, 3.63) is 0 Å². The maximum atomic E-state index is 11.1. The molecule has 0 radical (unpaired) electrons. The van der Waals surface area contributed by atoms with Crippen LogP contribution in [0.2, 0.25) is 0 Å². The minimum atomic E-state index is 0.0695. The molecule has 0 rings (SSSR count). The van der Waals surface area contributed by atoms with Crippen molar-refractivity contribution in [1.29, 1.82) is 0 Å². The van der Waals surface area contributed by atoms with Crippen LogP contribution < -0.4 is 10.6 Å². The van der Waals surface area contributed by atoms with Gasteiger partial charge >= 0.3 is 0 Å². The average molecular weight is 201 g/mol. The molecule has 0 aromatic rings. The number of amides is 1. The largest absolute Gasteiger partial charge is 0.354 e. The van der Waals surface area contributed by atoms with E-state index in [9.17, 15) is 4.79 Å². The Hall–Kier alpha value is -0.610. The second-order valence-electron chi connectivity index (χ2n) is 3.31. The minimum absolute atomic E-state index is 0.0695. The van der Waals surface area contributed by atoms with Gasteiger partial charge in [-0.3, -0.25) is 4.79 Å². The lowest BCUT2D eigenvalue weighted by Crippen LogP contribution is -2.38. The molecular weight excluding hydrogens is 178 g/mol. The van der Waals surface area contributed by atoms with Gasteiger partial charge < -0.3 is 15.5 Å². The van der Waals surface area contributed by atoms with Gasteiger partial charge in [0.2, 0.25) is 5.91 Å². The summed E-state index contributed by atoms with van der Waals surface area (Å²) in [7, 11) is 1.77. The molecule has 14 heavy (non-hydrogen) atoms. The van der Waals surface area contributed by atoms with Crippen LogP contribution in [0.1, 0.15) is 20.3 Å². The fourth-order valence-corrected chi connectivity index (χ4v) is 1.32. The van der Waals surface area contributed by atoms with Crippen molar-refractivity contribution >= 4 is 5.91 Å². The lowest BCUT2D eigenvalue weighted by molar-refractivity contribution is -0.120. The molecule has 4 nitrogen and oxygen atoms in total. The monoisotopic (exact) mass is 201 g/mol. The third-order valence-electron chi connectivity index (χ3n) is 2.07. The molecule has 0 unspecified atom stereocenters. The first-order chi connectivity index (χ1) is 6.74. The molecule has 2 N–H and O–H groups in total. The van der Waals surface area contributed by atoms with E-state index in [1.807, 2.05) is 0 Å². The number of nitrogens with one attached hydrogen (secondary N) is 2. The second-order valence-corrected chi connectivity index (χ2v) is 3.31. The van der Waals surface area contributed by atoms with E-state index in [4.69, 9.17) is 0 Å². The Morgan fingerprint density at radius 3 is 2.50 bits per heavy atom. The summed E-state index contributed by atoms with van der Waals surface area (Å²) in [4.78, 5) is 13.4. The molecule has 0 aromatic carbocycles. The molecule has 0 fully saturated rings. The van der Waals surface area contributed by atoms with Crippen LogP contribution in [0.5, 0.6) is 0 Å². The smallest absolute Gasteiger partial charge is 0.233 e. The van der Waals surface area contributed by atoms with Crippen LogP contribution in [-0.2, 0) is 4.79 Å². The summed E-state index contributed by atoms with van der Waals surface area (Å²) >= 11 is 0. The number of carbonyl (C=O) groups is 1. The van der Waals surface area contributed by atoms with Crippen molar-refractivity contribution in [2.45, 2.75) is 20.3 Å². The zero-order valence-electron chi connectivity index (χ0n) is 9.60. The van der Waals surface area contributed by atoms with E-state index in [1.54, 1.807) is 7.05 Å². The molecule has 0 heterocycles. The minimum Gasteiger partial charge on any atom is -0.354 e. The quantitative estimate of drug-likeness (QED) is 0.583. The lowest BCUT2D eigenvalue weighted by atomic mass is 10.4. The Labute approximate surface area is 87.0 Å². The SMILES string of the molecule is CCCN(CC)CCNC(=O)CNC. The fraction of sp³-hybridized carbons (Fsp3) is 0.900. The maximum Gasteiger partial charge on any atom is 0.233 e. The number of hydrogen-bond donors (Lipinski definition) is 2. The summed E-state index contributed by atoms with van der Waals surface area (Å²) < 4.78 is 0. The summed E-state index contributed by atoms with van der Waals surface area (Å²) in [6.45, 7) is 8.56. The van der Waals surface area contributed by atoms with Crippen LogP contribution in [0.15, 0.2) is 0 Å². The first-order valence-electron chi connectivity index (χ1n) is 5.38. The topological polar surface area (TPSA) is 44.4 Å². The molecule has 1 amide bonds. The standard InChI is InChI=1S/C10H23N3O/c1-4-7-13(5-2)8-6-12-10(14)9-11-3/h11H,4-9H2,1-3H3,(H,12,14). The first kappa shape index (κ1) is 13.4. The van der Waals surface area contributed by atoms with Crippen molar-refractivity contribution < 1.29 is 4.79 Å². The third kappa shape index (κ3) is 6.86. The highest BCUT2D eigenvalue weighted by atomic mass is 16.1. The van der Waals surface area contributed by atoms with Gasteiger partial charge in [0, 0.05) is 13.1 Å². The molecule has 0 aromatic heterocycles. The third-order valence-corrected chi connectivity index (χ3v) is 2.07. The molecule has 0 bridgehead atoms. The van der Waals surface area contributed by atoms with Gasteiger partial charge in [0.05, 0.1) is 6.54 Å². The van der Waals surface area contributed by atoms with E-state index in [1.165, 1.54) is 0 Å². The van der Waals surface area contributed by atoms with E-state index in [0.29, 0.717) is 6.54 Å².